The minimum absolute atomic E-state index is 0.00683. The number of rotatable bonds is 8. The maximum atomic E-state index is 10.9. The van der Waals surface area contributed by atoms with Crippen LogP contribution in [-0.4, -0.2) is 28.2 Å². The summed E-state index contributed by atoms with van der Waals surface area (Å²) in [5.74, 6) is 0.513. The second-order valence-electron chi connectivity index (χ2n) is 6.51. The van der Waals surface area contributed by atoms with Crippen LogP contribution in [0.1, 0.15) is 23.2 Å². The second-order valence-corrected chi connectivity index (χ2v) is 6.51. The summed E-state index contributed by atoms with van der Waals surface area (Å²) < 4.78 is 5.29. The molecule has 0 unspecified atom stereocenters. The van der Waals surface area contributed by atoms with Crippen molar-refractivity contribution in [2.75, 3.05) is 12.4 Å². The topological polar surface area (TPSA) is 84.3 Å². The van der Waals surface area contributed by atoms with Crippen LogP contribution in [0.15, 0.2) is 54.7 Å². The van der Waals surface area contributed by atoms with E-state index in [9.17, 15) is 4.79 Å². The molecule has 0 saturated heterocycles. The Labute approximate surface area is 164 Å². The largest absolute Gasteiger partial charge is 0.495 e. The molecule has 0 aliphatic carbocycles. The van der Waals surface area contributed by atoms with Gasteiger partial charge in [0.1, 0.15) is 11.6 Å². The fraction of sp³-hybridized carbons (Fsp3) is 0.227. The van der Waals surface area contributed by atoms with E-state index in [0.717, 1.165) is 17.1 Å². The van der Waals surface area contributed by atoms with Gasteiger partial charge in [0.25, 0.3) is 0 Å². The Balaban J connectivity index is 1.71. The van der Waals surface area contributed by atoms with Gasteiger partial charge in [0.15, 0.2) is 0 Å². The lowest BCUT2D eigenvalue weighted by Crippen LogP contribution is -2.03. The number of carboxylic acid groups (broad SMARTS) is 1. The summed E-state index contributed by atoms with van der Waals surface area (Å²) in [6, 6.07) is 15.8. The van der Waals surface area contributed by atoms with Crippen molar-refractivity contribution in [3.05, 3.63) is 71.5 Å². The maximum Gasteiger partial charge on any atom is 0.303 e. The fourth-order valence-electron chi connectivity index (χ4n) is 2.90. The van der Waals surface area contributed by atoms with Crippen LogP contribution >= 0.6 is 0 Å². The lowest BCUT2D eigenvalue weighted by Gasteiger charge is -2.10. The molecule has 0 radical (unpaired) electrons. The number of nitrogens with one attached hydrogen (secondary N) is 1. The molecule has 0 saturated carbocycles. The standard InChI is InChI=1S/C22H23N3O3/c1-15-4-3-5-16(12-15)13-23-21-10-6-17(14-24-21)18-7-9-20(28-2)19(25-18)8-11-22(26)27/h3-7,9-10,12,14H,8,11,13H2,1-2H3,(H,23,24)(H,26,27). The number of hydrogen-bond donors (Lipinski definition) is 2. The molecule has 0 spiro atoms. The molecule has 1 aromatic carbocycles. The van der Waals surface area contributed by atoms with Crippen LogP contribution in [0.25, 0.3) is 11.3 Å². The SMILES string of the molecule is COc1ccc(-c2ccc(NCc3cccc(C)c3)nc2)nc1CCC(=O)O. The van der Waals surface area contributed by atoms with Crippen molar-refractivity contribution in [2.45, 2.75) is 26.3 Å². The summed E-state index contributed by atoms with van der Waals surface area (Å²) >= 11 is 0. The van der Waals surface area contributed by atoms with Crippen LogP contribution in [0.2, 0.25) is 0 Å². The van der Waals surface area contributed by atoms with E-state index in [1.165, 1.54) is 11.1 Å². The van der Waals surface area contributed by atoms with Crippen molar-refractivity contribution in [3.8, 4) is 17.0 Å². The van der Waals surface area contributed by atoms with Crippen LogP contribution in [0.4, 0.5) is 5.82 Å². The van der Waals surface area contributed by atoms with Crippen LogP contribution < -0.4 is 10.1 Å². The normalized spacial score (nSPS) is 10.5. The number of aryl methyl sites for hydroxylation is 2. The molecular weight excluding hydrogens is 354 g/mol. The lowest BCUT2D eigenvalue weighted by atomic mass is 10.1. The van der Waals surface area contributed by atoms with Crippen LogP contribution in [0, 0.1) is 6.92 Å². The highest BCUT2D eigenvalue weighted by Crippen LogP contribution is 2.24. The average molecular weight is 377 g/mol. The maximum absolute atomic E-state index is 10.9. The quantitative estimate of drug-likeness (QED) is 0.615. The third-order valence-corrected chi connectivity index (χ3v) is 4.34. The number of anilines is 1. The first-order chi connectivity index (χ1) is 13.5. The molecule has 0 bridgehead atoms. The Hall–Kier alpha value is -3.41. The minimum atomic E-state index is -0.861. The van der Waals surface area contributed by atoms with Crippen molar-refractivity contribution in [2.24, 2.45) is 0 Å². The molecule has 6 heteroatoms. The van der Waals surface area contributed by atoms with Gasteiger partial charge in [-0.3, -0.25) is 4.79 Å². The molecule has 3 aromatic rings. The predicted octanol–water partition coefficient (Wildman–Crippen LogP) is 4.09. The van der Waals surface area contributed by atoms with E-state index >= 15 is 0 Å². The van der Waals surface area contributed by atoms with Gasteiger partial charge in [-0.15, -0.1) is 0 Å². The number of aliphatic carboxylic acids is 1. The molecule has 2 N–H and O–H groups in total. The smallest absolute Gasteiger partial charge is 0.303 e. The van der Waals surface area contributed by atoms with Crippen LogP contribution in [-0.2, 0) is 17.8 Å². The summed E-state index contributed by atoms with van der Waals surface area (Å²) in [5, 5.41) is 12.2. The zero-order valence-electron chi connectivity index (χ0n) is 16.0. The molecule has 0 atom stereocenters. The summed E-state index contributed by atoms with van der Waals surface area (Å²) in [6.07, 6.45) is 2.08. The van der Waals surface area contributed by atoms with Gasteiger partial charge >= 0.3 is 5.97 Å². The summed E-state index contributed by atoms with van der Waals surface area (Å²) in [7, 11) is 1.55. The Morgan fingerprint density at radius 2 is 2.04 bits per heavy atom. The number of nitrogens with zero attached hydrogens (tertiary/aromatic N) is 2. The molecule has 2 aromatic heterocycles. The number of pyridine rings is 2. The van der Waals surface area contributed by atoms with E-state index in [4.69, 9.17) is 9.84 Å². The minimum Gasteiger partial charge on any atom is -0.495 e. The highest BCUT2D eigenvalue weighted by molar-refractivity contribution is 5.67. The predicted molar refractivity (Wildman–Crippen MR) is 108 cm³/mol. The van der Waals surface area contributed by atoms with Gasteiger partial charge < -0.3 is 15.2 Å². The fourth-order valence-corrected chi connectivity index (χ4v) is 2.90. The van der Waals surface area contributed by atoms with Crippen LogP contribution in [0.5, 0.6) is 5.75 Å². The molecule has 0 aliphatic heterocycles. The molecule has 0 aliphatic rings. The molecule has 0 amide bonds. The van der Waals surface area contributed by atoms with Gasteiger partial charge in [-0.25, -0.2) is 9.97 Å². The Morgan fingerprint density at radius 3 is 2.71 bits per heavy atom. The first-order valence-electron chi connectivity index (χ1n) is 9.06. The third kappa shape index (κ3) is 5.07. The van der Waals surface area contributed by atoms with Gasteiger partial charge in [-0.2, -0.15) is 0 Å². The lowest BCUT2D eigenvalue weighted by molar-refractivity contribution is -0.136. The van der Waals surface area contributed by atoms with E-state index in [2.05, 4.69) is 40.4 Å². The molecular formula is C22H23N3O3. The van der Waals surface area contributed by atoms with Gasteiger partial charge in [0, 0.05) is 24.7 Å². The number of ether oxygens (including phenoxy) is 1. The second kappa shape index (κ2) is 8.99. The zero-order chi connectivity index (χ0) is 19.9. The molecule has 0 fully saturated rings. The number of methoxy groups -OCH3 is 1. The highest BCUT2D eigenvalue weighted by Gasteiger charge is 2.10. The van der Waals surface area contributed by atoms with Crippen molar-refractivity contribution in [1.29, 1.82) is 0 Å². The van der Waals surface area contributed by atoms with E-state index in [0.29, 0.717) is 24.4 Å². The van der Waals surface area contributed by atoms with Gasteiger partial charge in [0.05, 0.1) is 24.9 Å². The van der Waals surface area contributed by atoms with Gasteiger partial charge in [-0.05, 0) is 36.8 Å². The van der Waals surface area contributed by atoms with Crippen molar-refractivity contribution in [1.82, 2.24) is 9.97 Å². The molecule has 2 heterocycles. The third-order valence-electron chi connectivity index (χ3n) is 4.34. The van der Waals surface area contributed by atoms with Crippen molar-refractivity contribution >= 4 is 11.8 Å². The summed E-state index contributed by atoms with van der Waals surface area (Å²) in [6.45, 7) is 2.78. The Morgan fingerprint density at radius 1 is 1.18 bits per heavy atom. The van der Waals surface area contributed by atoms with Gasteiger partial charge in [-0.1, -0.05) is 29.8 Å². The monoisotopic (exact) mass is 377 g/mol. The van der Waals surface area contributed by atoms with E-state index < -0.39 is 5.97 Å². The number of carboxylic acids is 1. The summed E-state index contributed by atoms with van der Waals surface area (Å²) in [4.78, 5) is 19.9. The van der Waals surface area contributed by atoms with E-state index in [-0.39, 0.29) is 6.42 Å². The van der Waals surface area contributed by atoms with Gasteiger partial charge in [0.2, 0.25) is 0 Å². The Kier molecular flexibility index (Phi) is 6.22. The molecule has 6 nitrogen and oxygen atoms in total. The number of carbonyl (C=O) groups is 1. The Bertz CT molecular complexity index is 955. The van der Waals surface area contributed by atoms with Crippen molar-refractivity contribution in [3.63, 3.8) is 0 Å². The summed E-state index contributed by atoms with van der Waals surface area (Å²) in [5.41, 5.74) is 4.65. The molecule has 144 valence electrons. The molecule has 28 heavy (non-hydrogen) atoms. The first-order valence-corrected chi connectivity index (χ1v) is 9.06. The zero-order valence-corrected chi connectivity index (χ0v) is 16.0. The average Bonchev–Trinajstić information content (AvgIpc) is 2.71. The first kappa shape index (κ1) is 19.4. The number of aromatic nitrogens is 2. The van der Waals surface area contributed by atoms with E-state index in [1.54, 1.807) is 13.3 Å². The number of hydrogen-bond acceptors (Lipinski definition) is 5. The van der Waals surface area contributed by atoms with Crippen LogP contribution in [0.3, 0.4) is 0 Å². The number of benzene rings is 1. The molecule has 3 rings (SSSR count). The van der Waals surface area contributed by atoms with Crippen molar-refractivity contribution < 1.29 is 14.6 Å². The van der Waals surface area contributed by atoms with E-state index in [1.807, 2.05) is 30.3 Å². The highest BCUT2D eigenvalue weighted by atomic mass is 16.5.